The molecule has 0 amide bonds. The molecule has 2 saturated heterocycles. The third-order valence-corrected chi connectivity index (χ3v) is 6.53. The number of anilines is 3. The van der Waals surface area contributed by atoms with E-state index < -0.39 is 0 Å². The van der Waals surface area contributed by atoms with Gasteiger partial charge < -0.3 is 24.2 Å². The number of hydrogen-bond donors (Lipinski definition) is 0. The third-order valence-electron chi connectivity index (χ3n) is 6.53. The van der Waals surface area contributed by atoms with Crippen molar-refractivity contribution in [3.63, 3.8) is 0 Å². The summed E-state index contributed by atoms with van der Waals surface area (Å²) in [7, 11) is 0. The molecule has 166 valence electrons. The highest BCUT2D eigenvalue weighted by molar-refractivity contribution is 5.69. The highest BCUT2D eigenvalue weighted by atomic mass is 16.5. The van der Waals surface area contributed by atoms with E-state index in [1.165, 1.54) is 19.4 Å². The average molecular weight is 425 g/mol. The van der Waals surface area contributed by atoms with Crippen LogP contribution in [0.4, 0.5) is 17.5 Å². The Kier molecular flexibility index (Phi) is 6.18. The Labute approximate surface area is 184 Å². The van der Waals surface area contributed by atoms with Crippen LogP contribution in [0.2, 0.25) is 0 Å². The Balaban J connectivity index is 1.42. The molecule has 0 radical (unpaired) electrons. The van der Waals surface area contributed by atoms with Crippen LogP contribution in [0.3, 0.4) is 0 Å². The van der Waals surface area contributed by atoms with E-state index >= 15 is 0 Å². The molecule has 3 aliphatic rings. The average Bonchev–Trinajstić information content (AvgIpc) is 3.28. The molecule has 2 fully saturated rings. The van der Waals surface area contributed by atoms with Gasteiger partial charge in [-0.15, -0.1) is 0 Å². The first-order valence-electron chi connectivity index (χ1n) is 11.6. The van der Waals surface area contributed by atoms with Crippen molar-refractivity contribution in [2.24, 2.45) is 5.92 Å². The normalized spacial score (nSPS) is 21.9. The second-order valence-corrected chi connectivity index (χ2v) is 8.56. The summed E-state index contributed by atoms with van der Waals surface area (Å²) in [4.78, 5) is 21.1. The van der Waals surface area contributed by atoms with Crippen molar-refractivity contribution in [3.8, 4) is 5.88 Å². The number of pyridine rings is 1. The first kappa shape index (κ1) is 20.5. The highest BCUT2D eigenvalue weighted by Gasteiger charge is 2.30. The minimum Gasteiger partial charge on any atom is -0.477 e. The van der Waals surface area contributed by atoms with E-state index in [4.69, 9.17) is 19.4 Å². The fourth-order valence-corrected chi connectivity index (χ4v) is 4.77. The summed E-state index contributed by atoms with van der Waals surface area (Å²) in [5, 5.41) is 0. The van der Waals surface area contributed by atoms with Crippen LogP contribution in [-0.2, 0) is 11.2 Å². The number of aromatic nitrogens is 3. The largest absolute Gasteiger partial charge is 0.477 e. The quantitative estimate of drug-likeness (QED) is 0.701. The molecule has 0 saturated carbocycles. The van der Waals surface area contributed by atoms with Crippen molar-refractivity contribution in [2.75, 3.05) is 68.9 Å². The Hall–Kier alpha value is -2.45. The maximum Gasteiger partial charge on any atom is 0.230 e. The number of morpholine rings is 1. The summed E-state index contributed by atoms with van der Waals surface area (Å²) in [6.45, 7) is 10.3. The fourth-order valence-electron chi connectivity index (χ4n) is 4.77. The van der Waals surface area contributed by atoms with Crippen molar-refractivity contribution in [3.05, 3.63) is 30.1 Å². The number of hydrogen-bond acceptors (Lipinski definition) is 8. The molecule has 5 rings (SSSR count). The molecular weight excluding hydrogens is 392 g/mol. The molecule has 0 N–H and O–H groups in total. The predicted molar refractivity (Wildman–Crippen MR) is 120 cm³/mol. The molecule has 8 nitrogen and oxygen atoms in total. The lowest BCUT2D eigenvalue weighted by molar-refractivity contribution is 0.121. The van der Waals surface area contributed by atoms with Gasteiger partial charge in [0.1, 0.15) is 5.82 Å². The molecule has 0 aliphatic carbocycles. The van der Waals surface area contributed by atoms with Crippen LogP contribution in [-0.4, -0.2) is 78.9 Å². The molecule has 1 unspecified atom stereocenters. The van der Waals surface area contributed by atoms with Gasteiger partial charge in [0.05, 0.1) is 37.3 Å². The molecule has 1 atom stereocenters. The van der Waals surface area contributed by atoms with Gasteiger partial charge in [-0.3, -0.25) is 4.98 Å². The molecule has 3 aliphatic heterocycles. The first-order valence-corrected chi connectivity index (χ1v) is 11.6. The van der Waals surface area contributed by atoms with Gasteiger partial charge in [-0.2, -0.15) is 9.97 Å². The van der Waals surface area contributed by atoms with E-state index in [1.54, 1.807) is 6.20 Å². The maximum atomic E-state index is 6.42. The summed E-state index contributed by atoms with van der Waals surface area (Å²) in [6, 6.07) is 4.05. The molecular formula is C23H32N6O2. The maximum absolute atomic E-state index is 6.42. The Morgan fingerprint density at radius 2 is 2.06 bits per heavy atom. The van der Waals surface area contributed by atoms with Gasteiger partial charge in [0.15, 0.2) is 0 Å². The van der Waals surface area contributed by atoms with Gasteiger partial charge in [0.25, 0.3) is 0 Å². The van der Waals surface area contributed by atoms with E-state index in [-0.39, 0.29) is 0 Å². The number of fused-ring (bicyclic) bond motifs is 1. The van der Waals surface area contributed by atoms with Crippen LogP contribution in [0.15, 0.2) is 24.5 Å². The third kappa shape index (κ3) is 4.45. The first-order chi connectivity index (χ1) is 15.3. The van der Waals surface area contributed by atoms with E-state index in [2.05, 4.69) is 32.7 Å². The van der Waals surface area contributed by atoms with E-state index in [0.717, 1.165) is 74.6 Å². The van der Waals surface area contributed by atoms with Gasteiger partial charge >= 0.3 is 0 Å². The topological polar surface area (TPSA) is 66.8 Å². The zero-order valence-corrected chi connectivity index (χ0v) is 18.4. The monoisotopic (exact) mass is 424 g/mol. The van der Waals surface area contributed by atoms with Crippen LogP contribution in [0.1, 0.15) is 25.3 Å². The molecule has 0 aromatic carbocycles. The molecule has 8 heteroatoms. The number of nitrogens with zero attached hydrogens (tertiary/aromatic N) is 6. The SMILES string of the molecule is CCN1CCCC(COc2nc(N3CCOCC3)nc3c2CCN3c2cccnc2)C1. The predicted octanol–water partition coefficient (Wildman–Crippen LogP) is 2.51. The molecule has 5 heterocycles. The Bertz CT molecular complexity index is 874. The van der Waals surface area contributed by atoms with Crippen molar-refractivity contribution in [1.29, 1.82) is 0 Å². The zero-order chi connectivity index (χ0) is 21.0. The Morgan fingerprint density at radius 1 is 1.16 bits per heavy atom. The van der Waals surface area contributed by atoms with Gasteiger partial charge in [0.2, 0.25) is 11.8 Å². The minimum atomic E-state index is 0.557. The molecule has 2 aromatic heterocycles. The van der Waals surface area contributed by atoms with Crippen LogP contribution in [0, 0.1) is 5.92 Å². The summed E-state index contributed by atoms with van der Waals surface area (Å²) in [5.74, 6) is 3.01. The summed E-state index contributed by atoms with van der Waals surface area (Å²) in [5.41, 5.74) is 2.17. The van der Waals surface area contributed by atoms with Gasteiger partial charge in [0, 0.05) is 38.3 Å². The standard InChI is InChI=1S/C23H32N6O2/c1-2-27-9-4-5-18(16-27)17-31-22-20-7-10-29(19-6-3-8-24-15-19)21(20)25-23(26-22)28-11-13-30-14-12-28/h3,6,8,15,18H,2,4-5,7,9-14,16-17H2,1H3. The fraction of sp³-hybridized carbons (Fsp3) is 0.609. The molecule has 0 spiro atoms. The van der Waals surface area contributed by atoms with Crippen molar-refractivity contribution < 1.29 is 9.47 Å². The van der Waals surface area contributed by atoms with Crippen LogP contribution in [0.25, 0.3) is 0 Å². The van der Waals surface area contributed by atoms with Crippen molar-refractivity contribution in [2.45, 2.75) is 26.2 Å². The van der Waals surface area contributed by atoms with Gasteiger partial charge in [-0.25, -0.2) is 0 Å². The number of ether oxygens (including phenoxy) is 2. The van der Waals surface area contributed by atoms with E-state index in [1.807, 2.05) is 12.3 Å². The summed E-state index contributed by atoms with van der Waals surface area (Å²) >= 11 is 0. The number of piperidine rings is 1. The smallest absolute Gasteiger partial charge is 0.230 e. The molecule has 31 heavy (non-hydrogen) atoms. The lowest BCUT2D eigenvalue weighted by atomic mass is 9.99. The van der Waals surface area contributed by atoms with Crippen LogP contribution in [0.5, 0.6) is 5.88 Å². The van der Waals surface area contributed by atoms with E-state index in [9.17, 15) is 0 Å². The van der Waals surface area contributed by atoms with Gasteiger partial charge in [-0.05, 0) is 44.5 Å². The summed E-state index contributed by atoms with van der Waals surface area (Å²) in [6.07, 6.45) is 7.06. The van der Waals surface area contributed by atoms with E-state index in [0.29, 0.717) is 19.1 Å². The van der Waals surface area contributed by atoms with Crippen molar-refractivity contribution in [1.82, 2.24) is 19.9 Å². The van der Waals surface area contributed by atoms with Gasteiger partial charge in [-0.1, -0.05) is 6.92 Å². The van der Waals surface area contributed by atoms with Crippen LogP contribution < -0.4 is 14.5 Å². The zero-order valence-electron chi connectivity index (χ0n) is 18.4. The second kappa shape index (κ2) is 9.36. The lowest BCUT2D eigenvalue weighted by Gasteiger charge is -2.32. The van der Waals surface area contributed by atoms with Crippen molar-refractivity contribution >= 4 is 17.5 Å². The van der Waals surface area contributed by atoms with Crippen LogP contribution >= 0.6 is 0 Å². The Morgan fingerprint density at radius 3 is 2.87 bits per heavy atom. The molecule has 2 aromatic rings. The highest BCUT2D eigenvalue weighted by Crippen LogP contribution is 2.38. The minimum absolute atomic E-state index is 0.557. The molecule has 0 bridgehead atoms. The second-order valence-electron chi connectivity index (χ2n) is 8.56. The number of likely N-dealkylation sites (tertiary alicyclic amines) is 1. The summed E-state index contributed by atoms with van der Waals surface area (Å²) < 4.78 is 11.9. The number of rotatable bonds is 6. The lowest BCUT2D eigenvalue weighted by Crippen LogP contribution is -2.38.